The fraction of sp³-hybridized carbons (Fsp3) is 0.190. The Bertz CT molecular complexity index is 1130. The first-order chi connectivity index (χ1) is 14.0. The van der Waals surface area contributed by atoms with Gasteiger partial charge in [0.15, 0.2) is 0 Å². The number of nitrogens with one attached hydrogen (secondary N) is 3. The Kier molecular flexibility index (Phi) is 5.22. The van der Waals surface area contributed by atoms with Gasteiger partial charge in [-0.1, -0.05) is 29.8 Å². The van der Waals surface area contributed by atoms with Gasteiger partial charge in [0.05, 0.1) is 18.2 Å². The van der Waals surface area contributed by atoms with Crippen LogP contribution in [-0.2, 0) is 6.54 Å². The molecule has 1 aliphatic heterocycles. The number of nitrogens with zero attached hydrogens (tertiary/aromatic N) is 1. The van der Waals surface area contributed by atoms with Gasteiger partial charge in [0.25, 0.3) is 17.4 Å². The lowest BCUT2D eigenvalue weighted by Gasteiger charge is -2.17. The van der Waals surface area contributed by atoms with Crippen LogP contribution in [0.25, 0.3) is 0 Å². The number of fused-ring (bicyclic) bond motifs is 1. The Labute approximate surface area is 171 Å². The number of aromatic nitrogens is 2. The van der Waals surface area contributed by atoms with Gasteiger partial charge in [-0.2, -0.15) is 0 Å². The summed E-state index contributed by atoms with van der Waals surface area (Å²) in [5.74, 6) is -0.501. The Morgan fingerprint density at radius 2 is 2.00 bits per heavy atom. The Hall–Kier alpha value is -3.32. The summed E-state index contributed by atoms with van der Waals surface area (Å²) >= 11 is 6.19. The highest BCUT2D eigenvalue weighted by Gasteiger charge is 2.25. The molecule has 7 nitrogen and oxygen atoms in total. The van der Waals surface area contributed by atoms with Crippen LogP contribution in [0.5, 0.6) is 0 Å². The molecule has 0 spiro atoms. The van der Waals surface area contributed by atoms with Gasteiger partial charge >= 0.3 is 0 Å². The molecule has 0 fully saturated rings. The summed E-state index contributed by atoms with van der Waals surface area (Å²) in [7, 11) is 0. The molecule has 1 aromatic carbocycles. The van der Waals surface area contributed by atoms with E-state index in [1.807, 2.05) is 18.2 Å². The third-order valence-electron chi connectivity index (χ3n) is 4.95. The molecule has 1 atom stereocenters. The number of carbonyl (C=O) groups excluding carboxylic acids is 2. The number of aromatic amines is 1. The van der Waals surface area contributed by atoms with E-state index in [9.17, 15) is 14.4 Å². The molecule has 0 bridgehead atoms. The molecular formula is C21H19ClN4O3. The quantitative estimate of drug-likeness (QED) is 0.616. The number of H-pyrrole nitrogens is 1. The number of rotatable bonds is 4. The van der Waals surface area contributed by atoms with Crippen molar-refractivity contribution in [2.24, 2.45) is 0 Å². The van der Waals surface area contributed by atoms with Crippen LogP contribution >= 0.6 is 11.6 Å². The van der Waals surface area contributed by atoms with Crippen LogP contribution in [0.2, 0.25) is 5.02 Å². The summed E-state index contributed by atoms with van der Waals surface area (Å²) < 4.78 is 1.45. The molecule has 2 aromatic heterocycles. The third kappa shape index (κ3) is 3.95. The molecule has 3 aromatic rings. The summed E-state index contributed by atoms with van der Waals surface area (Å²) in [6, 6.07) is 11.6. The molecule has 3 heterocycles. The van der Waals surface area contributed by atoms with Crippen molar-refractivity contribution in [2.75, 3.05) is 6.54 Å². The van der Waals surface area contributed by atoms with Gasteiger partial charge in [-0.15, -0.1) is 0 Å². The molecule has 148 valence electrons. The number of hydrogen-bond donors (Lipinski definition) is 3. The normalized spacial score (nSPS) is 15.9. The topological polar surface area (TPSA) is 96.0 Å². The van der Waals surface area contributed by atoms with Crippen LogP contribution < -0.4 is 16.2 Å². The SMILES string of the molecule is O=C(NC1CCNC(=O)c2[nH]ccc21)c1ccc(=O)n(Cc2ccccc2Cl)c1. The van der Waals surface area contributed by atoms with Crippen molar-refractivity contribution in [1.29, 1.82) is 0 Å². The molecule has 0 radical (unpaired) electrons. The Morgan fingerprint density at radius 3 is 2.83 bits per heavy atom. The highest BCUT2D eigenvalue weighted by Crippen LogP contribution is 2.23. The number of amides is 2. The largest absolute Gasteiger partial charge is 0.357 e. The van der Waals surface area contributed by atoms with Gasteiger partial charge in [-0.25, -0.2) is 0 Å². The second-order valence-electron chi connectivity index (χ2n) is 6.85. The molecule has 0 aliphatic carbocycles. The molecule has 0 saturated carbocycles. The predicted molar refractivity (Wildman–Crippen MR) is 109 cm³/mol. The molecule has 0 saturated heterocycles. The number of benzene rings is 1. The Morgan fingerprint density at radius 1 is 1.17 bits per heavy atom. The standard InChI is InChI=1S/C21H19ClN4O3/c22-16-4-2-1-3-13(16)11-26-12-14(5-6-18(26)27)20(28)25-17-8-10-24-21(29)19-15(17)7-9-23-19/h1-7,9,12,17,23H,8,10-11H2,(H,24,29)(H,25,28). The summed E-state index contributed by atoms with van der Waals surface area (Å²) in [4.78, 5) is 40.1. The van der Waals surface area contributed by atoms with Gasteiger partial charge in [0.2, 0.25) is 0 Å². The van der Waals surface area contributed by atoms with Gasteiger partial charge < -0.3 is 20.2 Å². The minimum absolute atomic E-state index is 0.185. The van der Waals surface area contributed by atoms with E-state index in [1.165, 1.54) is 22.9 Å². The fourth-order valence-electron chi connectivity index (χ4n) is 3.43. The van der Waals surface area contributed by atoms with E-state index in [4.69, 9.17) is 11.6 Å². The van der Waals surface area contributed by atoms with E-state index >= 15 is 0 Å². The van der Waals surface area contributed by atoms with Gasteiger partial charge in [0, 0.05) is 35.6 Å². The van der Waals surface area contributed by atoms with Crippen molar-refractivity contribution in [1.82, 2.24) is 20.2 Å². The second kappa shape index (κ2) is 7.97. The van der Waals surface area contributed by atoms with E-state index in [0.717, 1.165) is 11.1 Å². The van der Waals surface area contributed by atoms with Gasteiger partial charge in [-0.05, 0) is 30.2 Å². The molecular weight excluding hydrogens is 392 g/mol. The van der Waals surface area contributed by atoms with Crippen molar-refractivity contribution in [3.8, 4) is 0 Å². The highest BCUT2D eigenvalue weighted by molar-refractivity contribution is 6.31. The van der Waals surface area contributed by atoms with Crippen molar-refractivity contribution in [3.05, 3.63) is 92.6 Å². The lowest BCUT2D eigenvalue weighted by Crippen LogP contribution is -2.31. The van der Waals surface area contributed by atoms with E-state index in [-0.39, 0.29) is 30.0 Å². The van der Waals surface area contributed by atoms with E-state index in [2.05, 4.69) is 15.6 Å². The molecule has 4 rings (SSSR count). The van der Waals surface area contributed by atoms with Crippen molar-refractivity contribution in [3.63, 3.8) is 0 Å². The lowest BCUT2D eigenvalue weighted by molar-refractivity contribution is 0.0933. The fourth-order valence-corrected chi connectivity index (χ4v) is 3.63. The van der Waals surface area contributed by atoms with E-state index < -0.39 is 0 Å². The van der Waals surface area contributed by atoms with Crippen LogP contribution in [0, 0.1) is 0 Å². The number of hydrogen-bond acceptors (Lipinski definition) is 3. The summed E-state index contributed by atoms with van der Waals surface area (Å²) in [6.07, 6.45) is 3.78. The number of halogens is 1. The molecule has 2 amide bonds. The van der Waals surface area contributed by atoms with Crippen LogP contribution in [0.15, 0.2) is 59.7 Å². The van der Waals surface area contributed by atoms with E-state index in [0.29, 0.717) is 29.2 Å². The lowest BCUT2D eigenvalue weighted by atomic mass is 10.0. The minimum atomic E-state index is -0.315. The molecule has 3 N–H and O–H groups in total. The van der Waals surface area contributed by atoms with Crippen LogP contribution in [0.4, 0.5) is 0 Å². The predicted octanol–water partition coefficient (Wildman–Crippen LogP) is 2.48. The summed E-state index contributed by atoms with van der Waals surface area (Å²) in [5.41, 5.74) is 2.13. The highest BCUT2D eigenvalue weighted by atomic mass is 35.5. The molecule has 8 heteroatoms. The minimum Gasteiger partial charge on any atom is -0.357 e. The maximum atomic E-state index is 12.9. The summed E-state index contributed by atoms with van der Waals surface area (Å²) in [6.45, 7) is 0.724. The van der Waals surface area contributed by atoms with Crippen LogP contribution in [0.1, 0.15) is 44.4 Å². The summed E-state index contributed by atoms with van der Waals surface area (Å²) in [5, 5.41) is 6.33. The number of pyridine rings is 1. The second-order valence-corrected chi connectivity index (χ2v) is 7.26. The zero-order valence-electron chi connectivity index (χ0n) is 15.4. The van der Waals surface area contributed by atoms with E-state index in [1.54, 1.807) is 18.3 Å². The first-order valence-corrected chi connectivity index (χ1v) is 9.61. The average molecular weight is 411 g/mol. The molecule has 1 unspecified atom stereocenters. The maximum absolute atomic E-state index is 12.9. The third-order valence-corrected chi connectivity index (χ3v) is 5.32. The monoisotopic (exact) mass is 410 g/mol. The zero-order chi connectivity index (χ0) is 20.4. The zero-order valence-corrected chi connectivity index (χ0v) is 16.2. The van der Waals surface area contributed by atoms with Crippen molar-refractivity contribution in [2.45, 2.75) is 19.0 Å². The first kappa shape index (κ1) is 19.0. The molecule has 1 aliphatic rings. The van der Waals surface area contributed by atoms with Crippen molar-refractivity contribution >= 4 is 23.4 Å². The number of carbonyl (C=O) groups is 2. The first-order valence-electron chi connectivity index (χ1n) is 9.23. The molecule has 29 heavy (non-hydrogen) atoms. The van der Waals surface area contributed by atoms with Crippen LogP contribution in [-0.4, -0.2) is 27.9 Å². The van der Waals surface area contributed by atoms with Crippen LogP contribution in [0.3, 0.4) is 0 Å². The smallest absolute Gasteiger partial charge is 0.268 e. The van der Waals surface area contributed by atoms with Gasteiger partial charge in [-0.3, -0.25) is 14.4 Å². The van der Waals surface area contributed by atoms with Gasteiger partial charge in [0.1, 0.15) is 5.69 Å². The average Bonchev–Trinajstić information content (AvgIpc) is 3.15. The maximum Gasteiger partial charge on any atom is 0.268 e. The van der Waals surface area contributed by atoms with Crippen molar-refractivity contribution < 1.29 is 9.59 Å². The Balaban J connectivity index is 1.57.